The zero-order valence-electron chi connectivity index (χ0n) is 19.4. The lowest BCUT2D eigenvalue weighted by atomic mass is 9.84. The smallest absolute Gasteiger partial charge is 0.271 e. The van der Waals surface area contributed by atoms with Crippen LogP contribution in [0.3, 0.4) is 0 Å². The molecule has 3 nitrogen and oxygen atoms in total. The van der Waals surface area contributed by atoms with E-state index in [-0.39, 0.29) is 5.91 Å². The van der Waals surface area contributed by atoms with E-state index in [1.165, 1.54) is 24.2 Å². The fraction of sp³-hybridized carbons (Fsp3) is 0.241. The Bertz CT molecular complexity index is 1060. The quantitative estimate of drug-likeness (QED) is 0.135. The molecule has 0 unspecified atom stereocenters. The number of nitrogens with zero attached hydrogens (tertiary/aromatic N) is 1. The van der Waals surface area contributed by atoms with Crippen molar-refractivity contribution in [3.8, 4) is 0 Å². The molecule has 0 saturated heterocycles. The highest BCUT2D eigenvalue weighted by molar-refractivity contribution is 8.02. The van der Waals surface area contributed by atoms with E-state index >= 15 is 0 Å². The molecule has 1 N–H and O–H groups in total. The van der Waals surface area contributed by atoms with Gasteiger partial charge in [0.1, 0.15) is 0 Å². The van der Waals surface area contributed by atoms with Crippen molar-refractivity contribution in [1.82, 2.24) is 10.3 Å². The summed E-state index contributed by atoms with van der Waals surface area (Å²) >= 11 is 3.23. The number of amides is 1. The lowest BCUT2D eigenvalue weighted by molar-refractivity contribution is 0.0946. The van der Waals surface area contributed by atoms with Gasteiger partial charge in [0.25, 0.3) is 5.91 Å². The summed E-state index contributed by atoms with van der Waals surface area (Å²) in [6, 6.07) is 31.6. The van der Waals surface area contributed by atoms with Crippen LogP contribution in [0.2, 0.25) is 0 Å². The van der Waals surface area contributed by atoms with Crippen LogP contribution in [0.15, 0.2) is 101 Å². The Hall–Kier alpha value is -2.89. The van der Waals surface area contributed by atoms with E-state index in [1.54, 1.807) is 17.3 Å². The van der Waals surface area contributed by atoms with Crippen LogP contribution in [0, 0.1) is 0 Å². The average molecular weight is 487 g/mol. The molecule has 0 aliphatic heterocycles. The normalized spacial score (nSPS) is 11.3. The van der Waals surface area contributed by atoms with Crippen LogP contribution in [0.25, 0.3) is 0 Å². The summed E-state index contributed by atoms with van der Waals surface area (Å²) in [5, 5.41) is 3.08. The largest absolute Gasteiger partial charge is 0.351 e. The molecule has 0 saturated carbocycles. The summed E-state index contributed by atoms with van der Waals surface area (Å²) in [6.07, 6.45) is 4.51. The van der Waals surface area contributed by atoms with Crippen LogP contribution in [0.1, 0.15) is 59.8 Å². The first-order chi connectivity index (χ1) is 16.8. The molecular weight excluding hydrogens is 456 g/mol. The highest BCUT2D eigenvalue weighted by Gasteiger charge is 2.39. The SMILES string of the molecule is CCCCCCNC(=O)c1ncsc1SC(c1ccccc1)(c1ccccc1)c1ccccc1. The summed E-state index contributed by atoms with van der Waals surface area (Å²) in [4.78, 5) is 17.6. The number of aromatic nitrogens is 1. The number of nitrogens with one attached hydrogen (secondary N) is 1. The van der Waals surface area contributed by atoms with Gasteiger partial charge in [-0.3, -0.25) is 4.79 Å². The molecule has 0 spiro atoms. The topological polar surface area (TPSA) is 42.0 Å². The van der Waals surface area contributed by atoms with Gasteiger partial charge in [-0.05, 0) is 23.1 Å². The summed E-state index contributed by atoms with van der Waals surface area (Å²) in [7, 11) is 0. The monoisotopic (exact) mass is 486 g/mol. The minimum absolute atomic E-state index is 0.0941. The van der Waals surface area contributed by atoms with Crippen molar-refractivity contribution in [1.29, 1.82) is 0 Å². The number of thioether (sulfide) groups is 1. The molecule has 1 amide bonds. The van der Waals surface area contributed by atoms with Crippen LogP contribution in [-0.2, 0) is 4.75 Å². The van der Waals surface area contributed by atoms with Gasteiger partial charge >= 0.3 is 0 Å². The molecule has 0 aliphatic carbocycles. The zero-order chi connectivity index (χ0) is 23.6. The van der Waals surface area contributed by atoms with Gasteiger partial charge in [0, 0.05) is 6.54 Å². The third-order valence-corrected chi connectivity index (χ3v) is 8.40. The summed E-state index contributed by atoms with van der Waals surface area (Å²) in [5.74, 6) is -0.0941. The Kier molecular flexibility index (Phi) is 8.56. The van der Waals surface area contributed by atoms with E-state index in [0.717, 1.165) is 33.7 Å². The van der Waals surface area contributed by atoms with Crippen molar-refractivity contribution in [3.05, 3.63) is 119 Å². The summed E-state index contributed by atoms with van der Waals surface area (Å²) < 4.78 is 0.398. The maximum absolute atomic E-state index is 13.1. The minimum atomic E-state index is -0.521. The second-order valence-corrected chi connectivity index (χ2v) is 10.5. The second kappa shape index (κ2) is 12.0. The van der Waals surface area contributed by atoms with Crippen LogP contribution < -0.4 is 5.32 Å². The Morgan fingerprint density at radius 2 is 1.35 bits per heavy atom. The molecule has 0 fully saturated rings. The number of hydrogen-bond acceptors (Lipinski definition) is 4. The maximum atomic E-state index is 13.1. The van der Waals surface area contributed by atoms with Crippen LogP contribution in [0.4, 0.5) is 0 Å². The fourth-order valence-corrected chi connectivity index (χ4v) is 6.62. The van der Waals surface area contributed by atoms with E-state index in [0.29, 0.717) is 12.2 Å². The van der Waals surface area contributed by atoms with E-state index in [4.69, 9.17) is 0 Å². The van der Waals surface area contributed by atoms with Crippen molar-refractivity contribution >= 4 is 29.0 Å². The van der Waals surface area contributed by atoms with Gasteiger partial charge in [-0.2, -0.15) is 0 Å². The third kappa shape index (κ3) is 5.43. The first-order valence-electron chi connectivity index (χ1n) is 11.8. The number of thiazole rings is 1. The Morgan fingerprint density at radius 1 is 0.824 bits per heavy atom. The predicted octanol–water partition coefficient (Wildman–Crippen LogP) is 7.54. The van der Waals surface area contributed by atoms with Gasteiger partial charge in [0.2, 0.25) is 0 Å². The number of benzene rings is 3. The third-order valence-electron chi connectivity index (χ3n) is 5.85. The maximum Gasteiger partial charge on any atom is 0.271 e. The molecule has 1 heterocycles. The Balaban J connectivity index is 1.74. The summed E-state index contributed by atoms with van der Waals surface area (Å²) in [6.45, 7) is 2.87. The number of carbonyl (C=O) groups is 1. The summed E-state index contributed by atoms with van der Waals surface area (Å²) in [5.41, 5.74) is 5.78. The van der Waals surface area contributed by atoms with E-state index < -0.39 is 4.75 Å². The molecule has 174 valence electrons. The molecule has 0 bridgehead atoms. The highest BCUT2D eigenvalue weighted by atomic mass is 32.2. The predicted molar refractivity (Wildman–Crippen MR) is 144 cm³/mol. The first-order valence-corrected chi connectivity index (χ1v) is 13.5. The van der Waals surface area contributed by atoms with Gasteiger partial charge in [0.05, 0.1) is 14.5 Å². The number of carbonyl (C=O) groups excluding carboxylic acids is 1. The van der Waals surface area contributed by atoms with E-state index in [1.807, 2.05) is 18.2 Å². The van der Waals surface area contributed by atoms with Crippen LogP contribution in [-0.4, -0.2) is 17.4 Å². The zero-order valence-corrected chi connectivity index (χ0v) is 21.1. The van der Waals surface area contributed by atoms with Gasteiger partial charge in [-0.25, -0.2) is 4.98 Å². The molecule has 4 aromatic rings. The number of rotatable bonds is 11. The Morgan fingerprint density at radius 3 is 1.85 bits per heavy atom. The standard InChI is InChI=1S/C29H30N2OS2/c1-2-3-4-14-21-30-27(32)26-28(33-22-31-26)34-29(23-15-8-5-9-16-23,24-17-10-6-11-18-24)25-19-12-7-13-20-25/h5-13,15-20,22H,2-4,14,21H2,1H3,(H,30,32). The molecule has 0 aliphatic rings. The minimum Gasteiger partial charge on any atom is -0.351 e. The van der Waals surface area contributed by atoms with Crippen molar-refractivity contribution in [2.75, 3.05) is 6.54 Å². The van der Waals surface area contributed by atoms with Crippen molar-refractivity contribution in [2.24, 2.45) is 0 Å². The number of hydrogen-bond donors (Lipinski definition) is 1. The average Bonchev–Trinajstić information content (AvgIpc) is 3.37. The lowest BCUT2D eigenvalue weighted by Gasteiger charge is -2.35. The van der Waals surface area contributed by atoms with Crippen molar-refractivity contribution < 1.29 is 4.79 Å². The lowest BCUT2D eigenvalue weighted by Crippen LogP contribution is -2.27. The molecule has 4 rings (SSSR count). The first kappa shape index (κ1) is 24.2. The molecule has 3 aromatic carbocycles. The van der Waals surface area contributed by atoms with E-state index in [9.17, 15) is 4.79 Å². The van der Waals surface area contributed by atoms with E-state index in [2.05, 4.69) is 90.0 Å². The van der Waals surface area contributed by atoms with Gasteiger partial charge in [-0.15, -0.1) is 11.3 Å². The molecule has 0 atom stereocenters. The van der Waals surface area contributed by atoms with Gasteiger partial charge in [0.15, 0.2) is 5.69 Å². The molecule has 34 heavy (non-hydrogen) atoms. The molecule has 5 heteroatoms. The van der Waals surface area contributed by atoms with Crippen molar-refractivity contribution in [2.45, 2.75) is 41.6 Å². The van der Waals surface area contributed by atoms with Gasteiger partial charge < -0.3 is 5.32 Å². The van der Waals surface area contributed by atoms with Crippen LogP contribution in [0.5, 0.6) is 0 Å². The van der Waals surface area contributed by atoms with Crippen LogP contribution >= 0.6 is 23.1 Å². The second-order valence-electron chi connectivity index (χ2n) is 8.19. The van der Waals surface area contributed by atoms with Crippen molar-refractivity contribution in [3.63, 3.8) is 0 Å². The molecular formula is C29H30N2OS2. The molecule has 0 radical (unpaired) electrons. The highest BCUT2D eigenvalue weighted by Crippen LogP contribution is 2.53. The number of unbranched alkanes of at least 4 members (excludes halogenated alkanes) is 3. The fourth-order valence-electron chi connectivity index (χ4n) is 4.13. The molecule has 1 aromatic heterocycles. The van der Waals surface area contributed by atoms with Gasteiger partial charge in [-0.1, -0.05) is 129 Å². The Labute approximate surface area is 210 Å².